The van der Waals surface area contributed by atoms with E-state index in [0.717, 1.165) is 18.3 Å². The maximum Gasteiger partial charge on any atom is 0.303 e. The molecule has 4 saturated carbocycles. The molecule has 0 aromatic rings. The van der Waals surface area contributed by atoms with Crippen LogP contribution in [-0.2, 0) is 14.3 Å². The number of carbonyl (C=O) groups excluding carboxylic acids is 2. The summed E-state index contributed by atoms with van der Waals surface area (Å²) in [6.07, 6.45) is 10.3. The second-order valence-electron chi connectivity index (χ2n) is 9.72. The highest BCUT2D eigenvalue weighted by molar-refractivity contribution is 5.86. The van der Waals surface area contributed by atoms with E-state index in [1.807, 2.05) is 0 Å². The first-order valence-corrected chi connectivity index (χ1v) is 10.0. The van der Waals surface area contributed by atoms with Crippen LogP contribution < -0.4 is 0 Å². The minimum absolute atomic E-state index is 0.139. The zero-order valence-corrected chi connectivity index (χ0v) is 15.5. The Labute approximate surface area is 145 Å². The maximum absolute atomic E-state index is 12.7. The van der Waals surface area contributed by atoms with E-state index in [1.165, 1.54) is 51.9 Å². The molecule has 4 fully saturated rings. The molecule has 0 amide bonds. The van der Waals surface area contributed by atoms with Crippen LogP contribution in [0.1, 0.15) is 78.6 Å². The molecule has 0 heterocycles. The molecule has 0 radical (unpaired) electrons. The summed E-state index contributed by atoms with van der Waals surface area (Å²) in [5.74, 6) is 2.82. The Morgan fingerprint density at radius 3 is 2.62 bits per heavy atom. The Morgan fingerprint density at radius 1 is 1.08 bits per heavy atom. The molecule has 3 nitrogen and oxygen atoms in total. The van der Waals surface area contributed by atoms with Crippen molar-refractivity contribution in [2.24, 2.45) is 34.5 Å². The number of Topliss-reactive ketones (excluding diaryl/α,β-unsaturated/α-hetero) is 1. The zero-order chi connectivity index (χ0) is 17.1. The topological polar surface area (TPSA) is 43.4 Å². The van der Waals surface area contributed by atoms with Gasteiger partial charge in [-0.2, -0.15) is 0 Å². The molecule has 0 aliphatic heterocycles. The van der Waals surface area contributed by atoms with Gasteiger partial charge >= 0.3 is 5.97 Å². The number of esters is 1. The summed E-state index contributed by atoms with van der Waals surface area (Å²) in [7, 11) is 0. The van der Waals surface area contributed by atoms with Gasteiger partial charge in [-0.15, -0.1) is 0 Å². The van der Waals surface area contributed by atoms with Crippen molar-refractivity contribution < 1.29 is 14.3 Å². The molecule has 3 heteroatoms. The normalized spacial score (nSPS) is 50.6. The predicted octanol–water partition coefficient (Wildman–Crippen LogP) is 4.53. The van der Waals surface area contributed by atoms with Crippen molar-refractivity contribution in [3.63, 3.8) is 0 Å². The van der Waals surface area contributed by atoms with Crippen LogP contribution in [0.15, 0.2) is 0 Å². The highest BCUT2D eigenvalue weighted by Crippen LogP contribution is 2.65. The first kappa shape index (κ1) is 16.6. The number of fused-ring (bicyclic) bond motifs is 5. The van der Waals surface area contributed by atoms with Gasteiger partial charge in [0, 0.05) is 13.3 Å². The lowest BCUT2D eigenvalue weighted by molar-refractivity contribution is -0.169. The van der Waals surface area contributed by atoms with Gasteiger partial charge in [0.25, 0.3) is 0 Å². The quantitative estimate of drug-likeness (QED) is 0.663. The van der Waals surface area contributed by atoms with Crippen molar-refractivity contribution in [1.82, 2.24) is 0 Å². The van der Waals surface area contributed by atoms with Gasteiger partial charge in [0.2, 0.25) is 0 Å². The number of hydrogen-bond acceptors (Lipinski definition) is 3. The molecular weight excluding hydrogens is 300 g/mol. The van der Waals surface area contributed by atoms with E-state index >= 15 is 0 Å². The van der Waals surface area contributed by atoms with Crippen LogP contribution in [0.25, 0.3) is 0 Å². The van der Waals surface area contributed by atoms with Crippen molar-refractivity contribution in [2.45, 2.75) is 84.7 Å². The molecule has 134 valence electrons. The van der Waals surface area contributed by atoms with Gasteiger partial charge in [-0.1, -0.05) is 20.3 Å². The third-order valence-electron chi connectivity index (χ3n) is 8.57. The molecule has 7 atom stereocenters. The van der Waals surface area contributed by atoms with Gasteiger partial charge in [0.1, 0.15) is 0 Å². The second kappa shape index (κ2) is 5.57. The fourth-order valence-corrected chi connectivity index (χ4v) is 7.38. The monoisotopic (exact) mass is 332 g/mol. The molecular formula is C21H32O3. The van der Waals surface area contributed by atoms with Crippen molar-refractivity contribution in [3.8, 4) is 0 Å². The van der Waals surface area contributed by atoms with Crippen LogP contribution >= 0.6 is 0 Å². The van der Waals surface area contributed by atoms with E-state index in [4.69, 9.17) is 4.74 Å². The molecule has 24 heavy (non-hydrogen) atoms. The highest BCUT2D eigenvalue weighted by atomic mass is 16.5. The summed E-state index contributed by atoms with van der Waals surface area (Å²) in [6.45, 7) is 6.33. The zero-order valence-electron chi connectivity index (χ0n) is 15.5. The van der Waals surface area contributed by atoms with Gasteiger partial charge in [0.05, 0.1) is 0 Å². The number of hydrogen-bond donors (Lipinski definition) is 0. The summed E-state index contributed by atoms with van der Waals surface area (Å²) in [6, 6.07) is 0. The third-order valence-corrected chi connectivity index (χ3v) is 8.57. The molecule has 0 aromatic heterocycles. The Kier molecular flexibility index (Phi) is 3.85. The van der Waals surface area contributed by atoms with Crippen LogP contribution in [0.4, 0.5) is 0 Å². The lowest BCUT2D eigenvalue weighted by Gasteiger charge is -2.60. The Balaban J connectivity index is 1.57. The lowest BCUT2D eigenvalue weighted by Crippen LogP contribution is -2.55. The van der Waals surface area contributed by atoms with E-state index in [1.54, 1.807) is 0 Å². The van der Waals surface area contributed by atoms with Gasteiger partial charge in [-0.3, -0.25) is 9.59 Å². The average molecular weight is 332 g/mol. The molecule has 0 unspecified atom stereocenters. The van der Waals surface area contributed by atoms with Crippen LogP contribution in [-0.4, -0.2) is 17.9 Å². The minimum atomic E-state index is -0.475. The minimum Gasteiger partial charge on any atom is -0.455 e. The number of rotatable bonds is 1. The summed E-state index contributed by atoms with van der Waals surface area (Å²) in [4.78, 5) is 24.0. The van der Waals surface area contributed by atoms with E-state index in [2.05, 4.69) is 13.8 Å². The molecule has 0 N–H and O–H groups in total. The van der Waals surface area contributed by atoms with Gasteiger partial charge in [-0.05, 0) is 79.4 Å². The Hall–Kier alpha value is -0.860. The van der Waals surface area contributed by atoms with Crippen molar-refractivity contribution in [1.29, 1.82) is 0 Å². The Morgan fingerprint density at radius 2 is 1.88 bits per heavy atom. The summed E-state index contributed by atoms with van der Waals surface area (Å²) < 4.78 is 5.33. The van der Waals surface area contributed by atoms with Crippen molar-refractivity contribution >= 4 is 11.8 Å². The fraction of sp³-hybridized carbons (Fsp3) is 0.905. The summed E-state index contributed by atoms with van der Waals surface area (Å²) >= 11 is 0. The van der Waals surface area contributed by atoms with Crippen molar-refractivity contribution in [2.75, 3.05) is 0 Å². The molecule has 4 aliphatic rings. The molecule has 0 aromatic carbocycles. The number of ketones is 1. The van der Waals surface area contributed by atoms with E-state index in [9.17, 15) is 9.59 Å². The molecule has 0 saturated heterocycles. The van der Waals surface area contributed by atoms with Crippen LogP contribution in [0.5, 0.6) is 0 Å². The average Bonchev–Trinajstić information content (AvgIpc) is 2.89. The first-order chi connectivity index (χ1) is 11.3. The van der Waals surface area contributed by atoms with Crippen LogP contribution in [0.2, 0.25) is 0 Å². The van der Waals surface area contributed by atoms with E-state index in [-0.39, 0.29) is 17.2 Å². The maximum atomic E-state index is 12.7. The summed E-state index contributed by atoms with van der Waals surface area (Å²) in [5.41, 5.74) is 0.712. The lowest BCUT2D eigenvalue weighted by atomic mass is 9.45. The standard InChI is InChI=1S/C21H32O3/c1-13(22)24-19-11-14-6-7-15-16-5-4-9-20(16,2)10-8-17(15)21(14,3)12-18(19)23/h14-17,19H,4-12H2,1-3H3/t14-,15+,16-,17+,19+,20+,21-/m0/s1. The predicted molar refractivity (Wildman–Crippen MR) is 92.3 cm³/mol. The number of ether oxygens (including phenoxy) is 1. The highest BCUT2D eigenvalue weighted by Gasteiger charge is 2.59. The first-order valence-electron chi connectivity index (χ1n) is 10.0. The molecule has 0 spiro atoms. The largest absolute Gasteiger partial charge is 0.455 e. The van der Waals surface area contributed by atoms with E-state index in [0.29, 0.717) is 23.7 Å². The fourth-order valence-electron chi connectivity index (χ4n) is 7.38. The Bertz CT molecular complexity index is 555. The second-order valence-corrected chi connectivity index (χ2v) is 9.72. The SMILES string of the molecule is CC(=O)O[C@@H]1C[C@@H]2CC[C@H]3[C@@H](CC[C@@]4(C)CCC[C@@H]34)[C@@]2(C)CC1=O. The van der Waals surface area contributed by atoms with Crippen LogP contribution in [0, 0.1) is 34.5 Å². The van der Waals surface area contributed by atoms with Crippen LogP contribution in [0.3, 0.4) is 0 Å². The van der Waals surface area contributed by atoms with Gasteiger partial charge in [-0.25, -0.2) is 0 Å². The molecule has 4 rings (SSSR count). The van der Waals surface area contributed by atoms with E-state index < -0.39 is 6.10 Å². The van der Waals surface area contributed by atoms with Gasteiger partial charge < -0.3 is 4.74 Å². The third kappa shape index (κ3) is 2.37. The molecule has 4 aliphatic carbocycles. The van der Waals surface area contributed by atoms with Gasteiger partial charge in [0.15, 0.2) is 11.9 Å². The summed E-state index contributed by atoms with van der Waals surface area (Å²) in [5, 5.41) is 0. The molecule has 0 bridgehead atoms. The smallest absolute Gasteiger partial charge is 0.303 e. The number of carbonyl (C=O) groups is 2. The van der Waals surface area contributed by atoms with Crippen molar-refractivity contribution in [3.05, 3.63) is 0 Å².